The van der Waals surface area contributed by atoms with Gasteiger partial charge in [0.1, 0.15) is 5.75 Å². The summed E-state index contributed by atoms with van der Waals surface area (Å²) in [5.41, 5.74) is 7.84. The van der Waals surface area contributed by atoms with E-state index >= 15 is 0 Å². The van der Waals surface area contributed by atoms with Crippen LogP contribution in [0.25, 0.3) is 16.6 Å². The largest absolute Gasteiger partial charge is 0.497 e. The zero-order valence-corrected chi connectivity index (χ0v) is 20.3. The van der Waals surface area contributed by atoms with Crippen molar-refractivity contribution in [2.75, 3.05) is 24.3 Å². The van der Waals surface area contributed by atoms with E-state index in [-0.39, 0.29) is 12.0 Å². The zero-order valence-electron chi connectivity index (χ0n) is 20.3. The molecule has 0 spiro atoms. The molecule has 34 heavy (non-hydrogen) atoms. The number of nitrogens with zero attached hydrogens (tertiary/aromatic N) is 7. The Morgan fingerprint density at radius 1 is 1.24 bits per heavy atom. The van der Waals surface area contributed by atoms with Crippen LogP contribution in [0.1, 0.15) is 58.3 Å². The van der Waals surface area contributed by atoms with Gasteiger partial charge in [-0.1, -0.05) is 0 Å². The molecular weight excluding hydrogens is 432 g/mol. The van der Waals surface area contributed by atoms with Crippen LogP contribution in [0.15, 0.2) is 30.6 Å². The minimum absolute atomic E-state index is 0.139. The van der Waals surface area contributed by atoms with Gasteiger partial charge in [0, 0.05) is 36.2 Å². The Bertz CT molecular complexity index is 1340. The van der Waals surface area contributed by atoms with Crippen molar-refractivity contribution in [3.8, 4) is 5.75 Å². The smallest absolute Gasteiger partial charge is 0.223 e. The molecule has 3 atom stereocenters. The molecule has 3 aromatic heterocycles. The van der Waals surface area contributed by atoms with Gasteiger partial charge < -0.3 is 20.5 Å². The summed E-state index contributed by atoms with van der Waals surface area (Å²) in [5, 5.41) is 20.6. The standard InChI is InChI=1S/C24H32N8O2/c1-14-6-7-16(12-30(14)17-11-26-31(13-17)15(2)24(3,4)33)21-28-22-19-9-8-18(34-5)10-20(19)27-23(25)32(22)29-21/h8-11,13-16,33H,6-7,12H2,1-5H3,(H2,25,27)/t14-,15-,16+/m0/s1. The van der Waals surface area contributed by atoms with Crippen molar-refractivity contribution in [3.05, 3.63) is 36.4 Å². The molecule has 3 N–H and O–H groups in total. The van der Waals surface area contributed by atoms with E-state index in [0.717, 1.165) is 47.6 Å². The van der Waals surface area contributed by atoms with Crippen molar-refractivity contribution in [1.82, 2.24) is 29.4 Å². The van der Waals surface area contributed by atoms with Crippen LogP contribution >= 0.6 is 0 Å². The zero-order chi connectivity index (χ0) is 24.2. The second-order valence-corrected chi connectivity index (χ2v) is 9.84. The first-order valence-electron chi connectivity index (χ1n) is 11.7. The molecule has 0 saturated carbocycles. The predicted octanol–water partition coefficient (Wildman–Crippen LogP) is 3.17. The SMILES string of the molecule is COc1ccc2c(c1)nc(N)n1nc([C@@H]3CC[C@H](C)N(c4cnn([C@@H](C)C(C)(C)O)c4)C3)nc21. The van der Waals surface area contributed by atoms with Crippen molar-refractivity contribution < 1.29 is 9.84 Å². The van der Waals surface area contributed by atoms with Gasteiger partial charge >= 0.3 is 0 Å². The summed E-state index contributed by atoms with van der Waals surface area (Å²) in [6, 6.07) is 5.92. The summed E-state index contributed by atoms with van der Waals surface area (Å²) in [6.07, 6.45) is 5.89. The molecule has 1 saturated heterocycles. The van der Waals surface area contributed by atoms with E-state index in [1.807, 2.05) is 42.2 Å². The van der Waals surface area contributed by atoms with Gasteiger partial charge in [-0.3, -0.25) is 4.68 Å². The van der Waals surface area contributed by atoms with Crippen molar-refractivity contribution in [2.45, 2.75) is 64.1 Å². The maximum Gasteiger partial charge on any atom is 0.223 e. The maximum absolute atomic E-state index is 10.4. The number of aliphatic hydroxyl groups is 1. The average Bonchev–Trinajstić information content (AvgIpc) is 3.46. The summed E-state index contributed by atoms with van der Waals surface area (Å²) >= 11 is 0. The Kier molecular flexibility index (Phi) is 5.35. The molecule has 4 aromatic rings. The number of hydrogen-bond acceptors (Lipinski definition) is 8. The summed E-state index contributed by atoms with van der Waals surface area (Å²) in [4.78, 5) is 11.8. The van der Waals surface area contributed by atoms with E-state index in [1.165, 1.54) is 0 Å². The number of nitrogen functional groups attached to an aromatic ring is 1. The fourth-order valence-electron chi connectivity index (χ4n) is 4.62. The average molecular weight is 465 g/mol. The number of benzene rings is 1. The summed E-state index contributed by atoms with van der Waals surface area (Å²) < 4.78 is 8.79. The molecule has 1 aliphatic heterocycles. The van der Waals surface area contributed by atoms with E-state index in [2.05, 4.69) is 21.9 Å². The summed E-state index contributed by atoms with van der Waals surface area (Å²) in [5.74, 6) is 1.95. The third kappa shape index (κ3) is 3.81. The third-order valence-corrected chi connectivity index (χ3v) is 7.11. The number of fused-ring (bicyclic) bond motifs is 3. The second kappa shape index (κ2) is 8.12. The molecule has 1 aliphatic rings. The maximum atomic E-state index is 10.4. The van der Waals surface area contributed by atoms with E-state index in [9.17, 15) is 5.11 Å². The van der Waals surface area contributed by atoms with Crippen LogP contribution in [0.4, 0.5) is 11.6 Å². The Balaban J connectivity index is 1.46. The van der Waals surface area contributed by atoms with E-state index in [1.54, 1.807) is 25.5 Å². The Morgan fingerprint density at radius 3 is 2.76 bits per heavy atom. The second-order valence-electron chi connectivity index (χ2n) is 9.84. The molecule has 1 aromatic carbocycles. The van der Waals surface area contributed by atoms with Crippen molar-refractivity contribution in [1.29, 1.82) is 0 Å². The molecule has 5 rings (SSSR count). The first kappa shape index (κ1) is 22.4. The van der Waals surface area contributed by atoms with Crippen LogP contribution in [0, 0.1) is 0 Å². The van der Waals surface area contributed by atoms with Crippen LogP contribution in [0.3, 0.4) is 0 Å². The lowest BCUT2D eigenvalue weighted by atomic mass is 9.92. The fourth-order valence-corrected chi connectivity index (χ4v) is 4.62. The quantitative estimate of drug-likeness (QED) is 0.462. The molecule has 0 radical (unpaired) electrons. The number of methoxy groups -OCH3 is 1. The van der Waals surface area contributed by atoms with Crippen LogP contribution in [-0.2, 0) is 0 Å². The van der Waals surface area contributed by atoms with Crippen LogP contribution in [0.2, 0.25) is 0 Å². The van der Waals surface area contributed by atoms with E-state index in [0.29, 0.717) is 17.6 Å². The molecule has 180 valence electrons. The normalized spacial score (nSPS) is 20.2. The van der Waals surface area contributed by atoms with Gasteiger partial charge in [0.25, 0.3) is 0 Å². The van der Waals surface area contributed by atoms with Crippen molar-refractivity contribution in [3.63, 3.8) is 0 Å². The van der Waals surface area contributed by atoms with Gasteiger partial charge in [-0.25, -0.2) is 9.97 Å². The first-order chi connectivity index (χ1) is 16.2. The monoisotopic (exact) mass is 464 g/mol. The molecule has 1 fully saturated rings. The number of hydrogen-bond donors (Lipinski definition) is 2. The number of nitrogens with two attached hydrogens (primary N) is 1. The highest BCUT2D eigenvalue weighted by Gasteiger charge is 2.31. The number of ether oxygens (including phenoxy) is 1. The Morgan fingerprint density at radius 2 is 2.03 bits per heavy atom. The highest BCUT2D eigenvalue weighted by Crippen LogP contribution is 2.34. The number of aromatic nitrogens is 6. The highest BCUT2D eigenvalue weighted by atomic mass is 16.5. The van der Waals surface area contributed by atoms with Crippen LogP contribution < -0.4 is 15.4 Å². The fraction of sp³-hybridized carbons (Fsp3) is 0.500. The Labute approximate surface area is 198 Å². The Hall–Kier alpha value is -3.40. The van der Waals surface area contributed by atoms with Gasteiger partial charge in [-0.15, -0.1) is 5.10 Å². The molecule has 0 unspecified atom stereocenters. The molecule has 0 amide bonds. The van der Waals surface area contributed by atoms with Crippen LogP contribution in [-0.4, -0.2) is 59.8 Å². The molecule has 0 aliphatic carbocycles. The minimum Gasteiger partial charge on any atom is -0.497 e. The predicted molar refractivity (Wildman–Crippen MR) is 131 cm³/mol. The van der Waals surface area contributed by atoms with Gasteiger partial charge in [-0.2, -0.15) is 9.61 Å². The lowest BCUT2D eigenvalue weighted by molar-refractivity contribution is 0.0258. The van der Waals surface area contributed by atoms with E-state index in [4.69, 9.17) is 20.6 Å². The lowest BCUT2D eigenvalue weighted by Gasteiger charge is -2.38. The summed E-state index contributed by atoms with van der Waals surface area (Å²) in [6.45, 7) is 8.58. The van der Waals surface area contributed by atoms with Gasteiger partial charge in [-0.05, 0) is 52.7 Å². The lowest BCUT2D eigenvalue weighted by Crippen LogP contribution is -2.41. The minimum atomic E-state index is -0.861. The van der Waals surface area contributed by atoms with Gasteiger partial charge in [0.05, 0.1) is 36.2 Å². The van der Waals surface area contributed by atoms with Gasteiger partial charge in [0.2, 0.25) is 5.95 Å². The topological polar surface area (TPSA) is 120 Å². The number of anilines is 2. The molecule has 4 heterocycles. The third-order valence-electron chi connectivity index (χ3n) is 7.11. The van der Waals surface area contributed by atoms with Gasteiger partial charge in [0.15, 0.2) is 11.5 Å². The highest BCUT2D eigenvalue weighted by molar-refractivity contribution is 5.93. The molecule has 10 heteroatoms. The molecule has 0 bridgehead atoms. The first-order valence-corrected chi connectivity index (χ1v) is 11.7. The summed E-state index contributed by atoms with van der Waals surface area (Å²) in [7, 11) is 1.63. The van der Waals surface area contributed by atoms with Crippen molar-refractivity contribution >= 4 is 28.2 Å². The molecular formula is C24H32N8O2. The van der Waals surface area contributed by atoms with Crippen molar-refractivity contribution in [2.24, 2.45) is 0 Å². The molecule has 10 nitrogen and oxygen atoms in total. The number of piperidine rings is 1. The number of rotatable bonds is 5. The van der Waals surface area contributed by atoms with Crippen LogP contribution in [0.5, 0.6) is 5.75 Å². The van der Waals surface area contributed by atoms with E-state index < -0.39 is 5.60 Å².